The molecule has 0 amide bonds. The maximum Gasteiger partial charge on any atom is 0.259 e. The Morgan fingerprint density at radius 3 is 2.81 bits per heavy atom. The topological polar surface area (TPSA) is 57.8 Å². The van der Waals surface area contributed by atoms with Crippen molar-refractivity contribution in [2.24, 2.45) is 5.92 Å². The fourth-order valence-corrected chi connectivity index (χ4v) is 4.35. The second kappa shape index (κ2) is 6.81. The third-order valence-corrected chi connectivity index (χ3v) is 5.79. The molecule has 0 spiro atoms. The molecule has 1 fully saturated rings. The molecule has 7 heteroatoms. The van der Waals surface area contributed by atoms with E-state index in [0.717, 1.165) is 24.3 Å². The van der Waals surface area contributed by atoms with E-state index < -0.39 is 0 Å². The quantitative estimate of drug-likeness (QED) is 0.722. The summed E-state index contributed by atoms with van der Waals surface area (Å²) in [6, 6.07) is 7.90. The number of halogens is 1. The van der Waals surface area contributed by atoms with Crippen molar-refractivity contribution >= 4 is 22.0 Å². The van der Waals surface area contributed by atoms with E-state index in [4.69, 9.17) is 0 Å². The SMILES string of the molecule is CCN(Cc1cc(=O)n2c(C3CC3CO)csc2n1)c1ccc(F)cc1. The minimum Gasteiger partial charge on any atom is -0.396 e. The van der Waals surface area contributed by atoms with Gasteiger partial charge in [-0.15, -0.1) is 11.3 Å². The van der Waals surface area contributed by atoms with Crippen LogP contribution in [-0.4, -0.2) is 27.6 Å². The fourth-order valence-electron chi connectivity index (χ4n) is 3.37. The highest BCUT2D eigenvalue weighted by Crippen LogP contribution is 2.47. The molecule has 136 valence electrons. The number of benzene rings is 1. The van der Waals surface area contributed by atoms with E-state index in [2.05, 4.69) is 9.88 Å². The van der Waals surface area contributed by atoms with Crippen LogP contribution >= 0.6 is 11.3 Å². The van der Waals surface area contributed by atoms with E-state index >= 15 is 0 Å². The van der Waals surface area contributed by atoms with E-state index in [-0.39, 0.29) is 29.8 Å². The van der Waals surface area contributed by atoms with Gasteiger partial charge in [0.05, 0.1) is 12.2 Å². The number of aromatic nitrogens is 2. The zero-order valence-corrected chi connectivity index (χ0v) is 15.2. The predicted octanol–water partition coefficient (Wildman–Crippen LogP) is 3.02. The maximum absolute atomic E-state index is 13.1. The Morgan fingerprint density at radius 2 is 2.15 bits per heavy atom. The second-order valence-electron chi connectivity index (χ2n) is 6.64. The summed E-state index contributed by atoms with van der Waals surface area (Å²) < 4.78 is 14.8. The summed E-state index contributed by atoms with van der Waals surface area (Å²) in [5, 5.41) is 11.3. The van der Waals surface area contributed by atoms with Crippen LogP contribution in [0.1, 0.15) is 30.7 Å². The number of aliphatic hydroxyl groups excluding tert-OH is 1. The number of rotatable bonds is 6. The van der Waals surface area contributed by atoms with Gasteiger partial charge in [-0.2, -0.15) is 0 Å². The maximum atomic E-state index is 13.1. The van der Waals surface area contributed by atoms with Gasteiger partial charge < -0.3 is 10.0 Å². The molecule has 1 aromatic carbocycles. The molecule has 26 heavy (non-hydrogen) atoms. The number of hydrogen-bond donors (Lipinski definition) is 1. The van der Waals surface area contributed by atoms with Gasteiger partial charge in [0.25, 0.3) is 5.56 Å². The first-order valence-corrected chi connectivity index (χ1v) is 9.60. The lowest BCUT2D eigenvalue weighted by molar-refractivity contribution is 0.273. The molecule has 1 N–H and O–H groups in total. The largest absolute Gasteiger partial charge is 0.396 e. The molecule has 2 heterocycles. The van der Waals surface area contributed by atoms with Gasteiger partial charge in [0.15, 0.2) is 4.96 Å². The van der Waals surface area contributed by atoms with Crippen LogP contribution < -0.4 is 10.5 Å². The summed E-state index contributed by atoms with van der Waals surface area (Å²) in [5.74, 6) is 0.244. The van der Waals surface area contributed by atoms with Crippen LogP contribution in [0, 0.1) is 11.7 Å². The van der Waals surface area contributed by atoms with Gasteiger partial charge in [-0.25, -0.2) is 9.37 Å². The van der Waals surface area contributed by atoms with Crippen molar-refractivity contribution in [2.45, 2.75) is 25.8 Å². The second-order valence-corrected chi connectivity index (χ2v) is 7.48. The van der Waals surface area contributed by atoms with Crippen LogP contribution in [0.5, 0.6) is 0 Å². The fraction of sp³-hybridized carbons (Fsp3) is 0.368. The molecule has 1 aliphatic rings. The average molecular weight is 373 g/mol. The molecule has 1 saturated carbocycles. The Kier molecular flexibility index (Phi) is 4.50. The van der Waals surface area contributed by atoms with Crippen molar-refractivity contribution < 1.29 is 9.50 Å². The summed E-state index contributed by atoms with van der Waals surface area (Å²) in [6.07, 6.45) is 0.921. The number of hydrogen-bond acceptors (Lipinski definition) is 5. The number of anilines is 1. The normalized spacial score (nSPS) is 19.0. The molecule has 0 bridgehead atoms. The molecule has 1 aliphatic carbocycles. The zero-order chi connectivity index (χ0) is 18.3. The van der Waals surface area contributed by atoms with Gasteiger partial charge in [0.2, 0.25) is 0 Å². The predicted molar refractivity (Wildman–Crippen MR) is 100 cm³/mol. The molecular formula is C19H20FN3O2S. The van der Waals surface area contributed by atoms with Crippen LogP contribution in [0.15, 0.2) is 40.5 Å². The Labute approximate surface area is 154 Å². The van der Waals surface area contributed by atoms with Crippen molar-refractivity contribution in [1.29, 1.82) is 0 Å². The van der Waals surface area contributed by atoms with Gasteiger partial charge >= 0.3 is 0 Å². The molecule has 0 aliphatic heterocycles. The van der Waals surface area contributed by atoms with Crippen LogP contribution in [-0.2, 0) is 6.54 Å². The average Bonchev–Trinajstić information content (AvgIpc) is 3.31. The van der Waals surface area contributed by atoms with Crippen LogP contribution in [0.4, 0.5) is 10.1 Å². The van der Waals surface area contributed by atoms with E-state index in [9.17, 15) is 14.3 Å². The Morgan fingerprint density at radius 1 is 1.38 bits per heavy atom. The highest BCUT2D eigenvalue weighted by molar-refractivity contribution is 7.15. The summed E-state index contributed by atoms with van der Waals surface area (Å²) in [4.78, 5) is 20.0. The lowest BCUT2D eigenvalue weighted by Crippen LogP contribution is -2.25. The smallest absolute Gasteiger partial charge is 0.259 e. The first kappa shape index (κ1) is 17.2. The molecule has 0 saturated heterocycles. The van der Waals surface area contributed by atoms with Crippen molar-refractivity contribution in [3.63, 3.8) is 0 Å². The third kappa shape index (κ3) is 3.12. The van der Waals surface area contributed by atoms with Crippen molar-refractivity contribution in [3.8, 4) is 0 Å². The minimum absolute atomic E-state index is 0.0833. The summed E-state index contributed by atoms with van der Waals surface area (Å²) in [5.41, 5.74) is 2.47. The highest BCUT2D eigenvalue weighted by Gasteiger charge is 2.40. The number of aliphatic hydroxyl groups is 1. The van der Waals surface area contributed by atoms with Gasteiger partial charge in [0, 0.05) is 41.9 Å². The van der Waals surface area contributed by atoms with E-state index in [1.165, 1.54) is 23.5 Å². The summed E-state index contributed by atoms with van der Waals surface area (Å²) in [7, 11) is 0. The number of thiazole rings is 1. The van der Waals surface area contributed by atoms with Gasteiger partial charge in [0.1, 0.15) is 5.82 Å². The van der Waals surface area contributed by atoms with Gasteiger partial charge in [-0.05, 0) is 43.5 Å². The zero-order valence-electron chi connectivity index (χ0n) is 14.4. The minimum atomic E-state index is -0.269. The van der Waals surface area contributed by atoms with Crippen molar-refractivity contribution in [2.75, 3.05) is 18.1 Å². The lowest BCUT2D eigenvalue weighted by atomic mass is 10.2. The number of nitrogens with zero attached hydrogens (tertiary/aromatic N) is 3. The van der Waals surface area contributed by atoms with Crippen LogP contribution in [0.25, 0.3) is 4.96 Å². The monoisotopic (exact) mass is 373 g/mol. The first-order chi connectivity index (χ1) is 12.6. The van der Waals surface area contributed by atoms with Crippen molar-refractivity contribution in [3.05, 3.63) is 63.3 Å². The molecule has 4 rings (SSSR count). The standard InChI is InChI=1S/C19H20FN3O2S/c1-2-22(15-5-3-13(20)4-6-15)9-14-8-18(25)23-17(11-26-19(23)21-14)16-7-12(16)10-24/h3-6,8,11-12,16,24H,2,7,9-10H2,1H3. The molecule has 3 aromatic rings. The van der Waals surface area contributed by atoms with Crippen molar-refractivity contribution in [1.82, 2.24) is 9.38 Å². The molecule has 5 nitrogen and oxygen atoms in total. The molecule has 2 aromatic heterocycles. The lowest BCUT2D eigenvalue weighted by Gasteiger charge is -2.22. The molecule has 0 radical (unpaired) electrons. The van der Waals surface area contributed by atoms with Gasteiger partial charge in [-0.1, -0.05) is 0 Å². The number of fused-ring (bicyclic) bond motifs is 1. The van der Waals surface area contributed by atoms with Crippen LogP contribution in [0.2, 0.25) is 0 Å². The first-order valence-electron chi connectivity index (χ1n) is 8.72. The summed E-state index contributed by atoms with van der Waals surface area (Å²) in [6.45, 7) is 3.39. The van der Waals surface area contributed by atoms with E-state index in [1.807, 2.05) is 12.3 Å². The molecule has 2 unspecified atom stereocenters. The summed E-state index contributed by atoms with van der Waals surface area (Å²) >= 11 is 1.46. The van der Waals surface area contributed by atoms with E-state index in [0.29, 0.717) is 17.2 Å². The highest BCUT2D eigenvalue weighted by atomic mass is 32.1. The Hall–Kier alpha value is -2.25. The van der Waals surface area contributed by atoms with Gasteiger partial charge in [-0.3, -0.25) is 9.20 Å². The molecule has 2 atom stereocenters. The Bertz CT molecular complexity index is 983. The molecular weight excluding hydrogens is 353 g/mol. The Balaban J connectivity index is 1.63. The van der Waals surface area contributed by atoms with Crippen LogP contribution in [0.3, 0.4) is 0 Å². The van der Waals surface area contributed by atoms with E-state index in [1.54, 1.807) is 22.6 Å². The third-order valence-electron chi connectivity index (χ3n) is 4.95.